The van der Waals surface area contributed by atoms with E-state index in [0.29, 0.717) is 12.0 Å². The summed E-state index contributed by atoms with van der Waals surface area (Å²) in [6, 6.07) is -0.113. The average molecular weight is 240 g/mol. The molecule has 17 heavy (non-hydrogen) atoms. The van der Waals surface area contributed by atoms with Crippen LogP contribution < -0.4 is 15.6 Å². The van der Waals surface area contributed by atoms with Crippen LogP contribution in [0.3, 0.4) is 0 Å². The van der Waals surface area contributed by atoms with Gasteiger partial charge in [-0.3, -0.25) is 4.79 Å². The third-order valence-corrected chi connectivity index (χ3v) is 2.09. The molecule has 0 unspecified atom stereocenters. The first-order chi connectivity index (χ1) is 7.95. The van der Waals surface area contributed by atoms with Gasteiger partial charge >= 0.3 is 6.09 Å². The molecular weight excluding hydrogens is 224 g/mol. The Bertz CT molecular complexity index is 465. The fourth-order valence-corrected chi connectivity index (χ4v) is 1.26. The molecule has 0 saturated heterocycles. The Hall–Kier alpha value is -1.98. The fourth-order valence-electron chi connectivity index (χ4n) is 1.26. The van der Waals surface area contributed by atoms with Crippen LogP contribution in [0.15, 0.2) is 11.0 Å². The summed E-state index contributed by atoms with van der Waals surface area (Å²) in [5, 5.41) is 12.2. The highest BCUT2D eigenvalue weighted by Crippen LogP contribution is 2.25. The van der Waals surface area contributed by atoms with E-state index in [1.807, 2.05) is 6.92 Å². The van der Waals surface area contributed by atoms with Crippen molar-refractivity contribution in [3.63, 3.8) is 0 Å². The number of hydrogen-bond acceptors (Lipinski definition) is 4. The van der Waals surface area contributed by atoms with Gasteiger partial charge in [0, 0.05) is 17.8 Å². The molecule has 1 aromatic rings. The highest BCUT2D eigenvalue weighted by molar-refractivity contribution is 5.71. The van der Waals surface area contributed by atoms with Crippen molar-refractivity contribution in [3.05, 3.63) is 22.1 Å². The topological polar surface area (TPSA) is 91.4 Å². The number of rotatable bonds is 3. The third-order valence-electron chi connectivity index (χ3n) is 2.09. The maximum atomic E-state index is 11.4. The van der Waals surface area contributed by atoms with Crippen LogP contribution in [-0.2, 0) is 6.42 Å². The van der Waals surface area contributed by atoms with Gasteiger partial charge in [0.05, 0.1) is 0 Å². The molecule has 1 rings (SSSR count). The Morgan fingerprint density at radius 1 is 1.59 bits per heavy atom. The Kier molecular flexibility index (Phi) is 4.14. The summed E-state index contributed by atoms with van der Waals surface area (Å²) in [7, 11) is 0. The molecule has 3 N–H and O–H groups in total. The van der Waals surface area contributed by atoms with Crippen molar-refractivity contribution in [2.24, 2.45) is 0 Å². The van der Waals surface area contributed by atoms with Crippen LogP contribution in [0.1, 0.15) is 26.3 Å². The van der Waals surface area contributed by atoms with E-state index >= 15 is 0 Å². The molecule has 6 nitrogen and oxygen atoms in total. The fraction of sp³-hybridized carbons (Fsp3) is 0.455. The molecule has 6 heteroatoms. The number of hydrogen-bond donors (Lipinski definition) is 3. The number of pyridine rings is 1. The van der Waals surface area contributed by atoms with Gasteiger partial charge in [-0.1, -0.05) is 6.92 Å². The molecule has 0 aromatic carbocycles. The first-order valence-corrected chi connectivity index (χ1v) is 5.37. The number of amides is 1. The summed E-state index contributed by atoms with van der Waals surface area (Å²) in [6.07, 6.45) is 1.14. The van der Waals surface area contributed by atoms with Gasteiger partial charge in [0.25, 0.3) is 5.56 Å². The summed E-state index contributed by atoms with van der Waals surface area (Å²) < 4.78 is 4.79. The van der Waals surface area contributed by atoms with Crippen LogP contribution in [0.25, 0.3) is 0 Å². The second-order valence-electron chi connectivity index (χ2n) is 3.86. The van der Waals surface area contributed by atoms with E-state index in [9.17, 15) is 14.7 Å². The third kappa shape index (κ3) is 3.24. The maximum absolute atomic E-state index is 11.4. The normalized spacial score (nSPS) is 10.4. The van der Waals surface area contributed by atoms with Crippen LogP contribution >= 0.6 is 0 Å². The second-order valence-corrected chi connectivity index (χ2v) is 3.86. The summed E-state index contributed by atoms with van der Waals surface area (Å²) in [4.78, 5) is 25.1. The molecule has 0 aliphatic rings. The van der Waals surface area contributed by atoms with Crippen LogP contribution in [0.5, 0.6) is 11.5 Å². The zero-order valence-electron chi connectivity index (χ0n) is 10.0. The molecule has 0 bridgehead atoms. The van der Waals surface area contributed by atoms with E-state index < -0.39 is 11.7 Å². The van der Waals surface area contributed by atoms with Gasteiger partial charge in [-0.25, -0.2) is 4.79 Å². The second kappa shape index (κ2) is 5.38. The molecule has 1 amide bonds. The molecule has 0 aliphatic heterocycles. The lowest BCUT2D eigenvalue weighted by Gasteiger charge is -2.10. The number of nitrogens with one attached hydrogen (secondary N) is 2. The molecule has 94 valence electrons. The monoisotopic (exact) mass is 240 g/mol. The number of aromatic amines is 1. The van der Waals surface area contributed by atoms with E-state index in [0.717, 1.165) is 0 Å². The summed E-state index contributed by atoms with van der Waals surface area (Å²) >= 11 is 0. The van der Waals surface area contributed by atoms with Gasteiger partial charge in [0.2, 0.25) is 5.75 Å². The average Bonchev–Trinajstić information content (AvgIpc) is 2.23. The van der Waals surface area contributed by atoms with Crippen LogP contribution in [0.4, 0.5) is 4.79 Å². The van der Waals surface area contributed by atoms with Crippen molar-refractivity contribution in [2.75, 3.05) is 0 Å². The minimum Gasteiger partial charge on any atom is -0.504 e. The van der Waals surface area contributed by atoms with Crippen molar-refractivity contribution in [3.8, 4) is 11.5 Å². The standard InChI is InChI=1S/C11H16N2O4/c1-4-7-5-12-10(15)9(8(7)14)17-11(16)13-6(2)3/h5-6H,4H2,1-3H3,(H,13,16)(H2,12,14,15). The molecule has 0 fully saturated rings. The lowest BCUT2D eigenvalue weighted by molar-refractivity contribution is 0.195. The Balaban J connectivity index is 2.98. The quantitative estimate of drug-likeness (QED) is 0.738. The van der Waals surface area contributed by atoms with E-state index in [-0.39, 0.29) is 17.5 Å². The van der Waals surface area contributed by atoms with Gasteiger partial charge < -0.3 is 20.1 Å². The van der Waals surface area contributed by atoms with E-state index in [2.05, 4.69) is 10.3 Å². The van der Waals surface area contributed by atoms with Crippen molar-refractivity contribution >= 4 is 6.09 Å². The SMILES string of the molecule is CCc1c[nH]c(=O)c(OC(=O)NC(C)C)c1O. The maximum Gasteiger partial charge on any atom is 0.413 e. The van der Waals surface area contributed by atoms with Gasteiger partial charge in [-0.15, -0.1) is 0 Å². The van der Waals surface area contributed by atoms with Crippen molar-refractivity contribution in [1.29, 1.82) is 0 Å². The van der Waals surface area contributed by atoms with E-state index in [1.165, 1.54) is 6.20 Å². The predicted octanol–water partition coefficient (Wildman–Crippen LogP) is 1.14. The zero-order valence-corrected chi connectivity index (χ0v) is 10.0. The van der Waals surface area contributed by atoms with Gasteiger partial charge in [0.1, 0.15) is 0 Å². The van der Waals surface area contributed by atoms with Crippen molar-refractivity contribution < 1.29 is 14.6 Å². The lowest BCUT2D eigenvalue weighted by Crippen LogP contribution is -2.34. The zero-order chi connectivity index (χ0) is 13.0. The molecule has 1 aromatic heterocycles. The van der Waals surface area contributed by atoms with Gasteiger partial charge in [0.15, 0.2) is 5.75 Å². The van der Waals surface area contributed by atoms with E-state index in [1.54, 1.807) is 13.8 Å². The summed E-state index contributed by atoms with van der Waals surface area (Å²) in [6.45, 7) is 5.33. The highest BCUT2D eigenvalue weighted by atomic mass is 16.6. The largest absolute Gasteiger partial charge is 0.504 e. The number of aromatic hydroxyl groups is 1. The lowest BCUT2D eigenvalue weighted by atomic mass is 10.2. The van der Waals surface area contributed by atoms with Gasteiger partial charge in [-0.2, -0.15) is 0 Å². The van der Waals surface area contributed by atoms with Gasteiger partial charge in [-0.05, 0) is 20.3 Å². The number of aryl methyl sites for hydroxylation is 1. The summed E-state index contributed by atoms with van der Waals surface area (Å²) in [5.41, 5.74) is -0.129. The Morgan fingerprint density at radius 3 is 2.76 bits per heavy atom. The number of ether oxygens (including phenoxy) is 1. The minimum atomic E-state index is -0.769. The molecule has 1 heterocycles. The molecular formula is C11H16N2O4. The minimum absolute atomic E-state index is 0.113. The van der Waals surface area contributed by atoms with Crippen molar-refractivity contribution in [1.82, 2.24) is 10.3 Å². The molecule has 0 spiro atoms. The molecule has 0 saturated carbocycles. The number of carbonyl (C=O) groups excluding carboxylic acids is 1. The number of H-pyrrole nitrogens is 1. The summed E-state index contributed by atoms with van der Waals surface area (Å²) in [5.74, 6) is -0.669. The highest BCUT2D eigenvalue weighted by Gasteiger charge is 2.16. The Morgan fingerprint density at radius 2 is 2.24 bits per heavy atom. The first kappa shape index (κ1) is 13.1. The van der Waals surface area contributed by atoms with Crippen LogP contribution in [0.2, 0.25) is 0 Å². The van der Waals surface area contributed by atoms with Crippen LogP contribution in [0, 0.1) is 0 Å². The molecule has 0 radical (unpaired) electrons. The predicted molar refractivity (Wildman–Crippen MR) is 62.4 cm³/mol. The van der Waals surface area contributed by atoms with Crippen LogP contribution in [-0.4, -0.2) is 22.2 Å². The number of carbonyl (C=O) groups is 1. The molecule has 0 atom stereocenters. The smallest absolute Gasteiger partial charge is 0.413 e. The van der Waals surface area contributed by atoms with Crippen molar-refractivity contribution in [2.45, 2.75) is 33.2 Å². The number of aromatic nitrogens is 1. The molecule has 0 aliphatic carbocycles. The Labute approximate surface area is 98.6 Å². The van der Waals surface area contributed by atoms with E-state index in [4.69, 9.17) is 4.74 Å². The first-order valence-electron chi connectivity index (χ1n) is 5.37.